The minimum atomic E-state index is 0.514. The lowest BCUT2D eigenvalue weighted by atomic mass is 9.70. The Morgan fingerprint density at radius 3 is 2.44 bits per heavy atom. The maximum Gasteiger partial charge on any atom is 0.0111 e. The molecule has 1 aliphatic carbocycles. The maximum atomic E-state index is 3.74. The van der Waals surface area contributed by atoms with Crippen LogP contribution in [0.2, 0.25) is 0 Å². The second-order valence-corrected chi connectivity index (χ2v) is 7.80. The summed E-state index contributed by atoms with van der Waals surface area (Å²) in [6.07, 6.45) is 7.70. The molecule has 0 spiro atoms. The van der Waals surface area contributed by atoms with Crippen molar-refractivity contribution in [3.63, 3.8) is 0 Å². The predicted octanol–water partition coefficient (Wildman–Crippen LogP) is 4.35. The Morgan fingerprint density at radius 1 is 1.22 bits per heavy atom. The molecule has 1 rings (SSSR count). The maximum absolute atomic E-state index is 3.74. The third-order valence-corrected chi connectivity index (χ3v) is 5.13. The van der Waals surface area contributed by atoms with E-state index in [1.807, 2.05) is 17.8 Å². The highest BCUT2D eigenvalue weighted by Gasteiger charge is 2.29. The number of hydrogen-bond acceptors (Lipinski definition) is 2. The van der Waals surface area contributed by atoms with Crippen LogP contribution in [0.25, 0.3) is 0 Å². The van der Waals surface area contributed by atoms with Crippen molar-refractivity contribution in [1.29, 1.82) is 0 Å². The SMILES string of the molecule is C=CCSCCNCC1CCC(C(C)(C)C)CC1. The molecule has 1 aliphatic rings. The molecule has 1 nitrogen and oxygen atoms in total. The van der Waals surface area contributed by atoms with E-state index in [4.69, 9.17) is 0 Å². The van der Waals surface area contributed by atoms with Gasteiger partial charge in [0.15, 0.2) is 0 Å². The van der Waals surface area contributed by atoms with E-state index in [1.165, 1.54) is 38.0 Å². The largest absolute Gasteiger partial charge is 0.316 e. The summed E-state index contributed by atoms with van der Waals surface area (Å²) in [7, 11) is 0. The van der Waals surface area contributed by atoms with Crippen molar-refractivity contribution >= 4 is 11.8 Å². The van der Waals surface area contributed by atoms with Crippen molar-refractivity contribution < 1.29 is 0 Å². The van der Waals surface area contributed by atoms with Crippen LogP contribution in [0.15, 0.2) is 12.7 Å². The minimum Gasteiger partial charge on any atom is -0.316 e. The number of thioether (sulfide) groups is 1. The van der Waals surface area contributed by atoms with Crippen LogP contribution in [-0.2, 0) is 0 Å². The molecule has 18 heavy (non-hydrogen) atoms. The fourth-order valence-electron chi connectivity index (χ4n) is 2.85. The van der Waals surface area contributed by atoms with Gasteiger partial charge in [0.05, 0.1) is 0 Å². The van der Waals surface area contributed by atoms with E-state index in [2.05, 4.69) is 32.7 Å². The van der Waals surface area contributed by atoms with Crippen LogP contribution in [0.1, 0.15) is 46.5 Å². The van der Waals surface area contributed by atoms with Crippen molar-refractivity contribution in [3.05, 3.63) is 12.7 Å². The Hall–Kier alpha value is 0.0500. The Morgan fingerprint density at radius 2 is 1.89 bits per heavy atom. The third kappa shape index (κ3) is 6.29. The van der Waals surface area contributed by atoms with Gasteiger partial charge < -0.3 is 5.32 Å². The first kappa shape index (κ1) is 16.1. The van der Waals surface area contributed by atoms with Gasteiger partial charge in [-0.3, -0.25) is 0 Å². The van der Waals surface area contributed by atoms with Crippen LogP contribution >= 0.6 is 11.8 Å². The molecule has 0 radical (unpaired) electrons. The summed E-state index contributed by atoms with van der Waals surface area (Å²) >= 11 is 1.96. The highest BCUT2D eigenvalue weighted by atomic mass is 32.2. The first-order valence-electron chi connectivity index (χ1n) is 7.43. The van der Waals surface area contributed by atoms with Crippen LogP contribution in [0.3, 0.4) is 0 Å². The Balaban J connectivity index is 2.04. The van der Waals surface area contributed by atoms with Crippen molar-refractivity contribution in [2.24, 2.45) is 17.3 Å². The molecule has 0 atom stereocenters. The van der Waals surface area contributed by atoms with Crippen LogP contribution in [0.5, 0.6) is 0 Å². The summed E-state index contributed by atoms with van der Waals surface area (Å²) in [6.45, 7) is 13.3. The average Bonchev–Trinajstić information content (AvgIpc) is 2.33. The summed E-state index contributed by atoms with van der Waals surface area (Å²) in [5.74, 6) is 4.16. The van der Waals surface area contributed by atoms with Crippen molar-refractivity contribution in [2.45, 2.75) is 46.5 Å². The van der Waals surface area contributed by atoms with Gasteiger partial charge in [-0.25, -0.2) is 0 Å². The molecule has 0 aromatic heterocycles. The lowest BCUT2D eigenvalue weighted by molar-refractivity contribution is 0.149. The van der Waals surface area contributed by atoms with Crippen molar-refractivity contribution in [2.75, 3.05) is 24.6 Å². The fourth-order valence-corrected chi connectivity index (χ4v) is 3.47. The van der Waals surface area contributed by atoms with E-state index >= 15 is 0 Å². The van der Waals surface area contributed by atoms with Gasteiger partial charge in [-0.15, -0.1) is 6.58 Å². The summed E-state index contributed by atoms with van der Waals surface area (Å²) in [6, 6.07) is 0. The quantitative estimate of drug-likeness (QED) is 0.545. The highest BCUT2D eigenvalue weighted by molar-refractivity contribution is 7.99. The van der Waals surface area contributed by atoms with Crippen molar-refractivity contribution in [3.8, 4) is 0 Å². The van der Waals surface area contributed by atoms with Gasteiger partial charge in [0.25, 0.3) is 0 Å². The van der Waals surface area contributed by atoms with Gasteiger partial charge in [0, 0.05) is 18.1 Å². The van der Waals surface area contributed by atoms with Crippen molar-refractivity contribution in [1.82, 2.24) is 5.32 Å². The standard InChI is InChI=1S/C16H31NS/c1-5-11-18-12-10-17-13-14-6-8-15(9-7-14)16(2,3)4/h5,14-15,17H,1,6-13H2,2-4H3. The highest BCUT2D eigenvalue weighted by Crippen LogP contribution is 2.39. The smallest absolute Gasteiger partial charge is 0.0111 e. The van der Waals surface area contributed by atoms with Crippen LogP contribution in [0.4, 0.5) is 0 Å². The van der Waals surface area contributed by atoms with E-state index in [9.17, 15) is 0 Å². The van der Waals surface area contributed by atoms with Crippen LogP contribution < -0.4 is 5.32 Å². The first-order valence-corrected chi connectivity index (χ1v) is 8.59. The number of hydrogen-bond donors (Lipinski definition) is 1. The van der Waals surface area contributed by atoms with E-state index < -0.39 is 0 Å². The zero-order chi connectivity index (χ0) is 13.4. The summed E-state index contributed by atoms with van der Waals surface area (Å²) in [5, 5.41) is 3.61. The third-order valence-electron chi connectivity index (χ3n) is 4.16. The molecule has 0 amide bonds. The molecule has 1 saturated carbocycles. The number of nitrogens with one attached hydrogen (secondary N) is 1. The molecule has 0 aromatic carbocycles. The monoisotopic (exact) mass is 269 g/mol. The molecule has 0 aromatic rings. The topological polar surface area (TPSA) is 12.0 Å². The molecule has 106 valence electrons. The molecule has 0 saturated heterocycles. The molecule has 0 heterocycles. The van der Waals surface area contributed by atoms with E-state index in [-0.39, 0.29) is 0 Å². The van der Waals surface area contributed by atoms with E-state index in [0.717, 1.165) is 24.1 Å². The fraction of sp³-hybridized carbons (Fsp3) is 0.875. The normalized spacial score (nSPS) is 25.1. The molecule has 1 N–H and O–H groups in total. The Labute approximate surface area is 118 Å². The molecular formula is C16H31NS. The Kier molecular flexibility index (Phi) is 7.40. The average molecular weight is 269 g/mol. The zero-order valence-corrected chi connectivity index (χ0v) is 13.3. The molecule has 2 heteroatoms. The minimum absolute atomic E-state index is 0.514. The van der Waals surface area contributed by atoms with E-state index in [1.54, 1.807) is 0 Å². The second kappa shape index (κ2) is 8.27. The second-order valence-electron chi connectivity index (χ2n) is 6.65. The molecule has 1 fully saturated rings. The Bertz CT molecular complexity index is 224. The lowest BCUT2D eigenvalue weighted by Crippen LogP contribution is -2.31. The predicted molar refractivity (Wildman–Crippen MR) is 85.3 cm³/mol. The van der Waals surface area contributed by atoms with Crippen LogP contribution in [0, 0.1) is 17.3 Å². The molecular weight excluding hydrogens is 238 g/mol. The van der Waals surface area contributed by atoms with Gasteiger partial charge in [-0.05, 0) is 49.5 Å². The van der Waals surface area contributed by atoms with Gasteiger partial charge in [-0.2, -0.15) is 11.8 Å². The van der Waals surface area contributed by atoms with Gasteiger partial charge in [0.2, 0.25) is 0 Å². The summed E-state index contributed by atoms with van der Waals surface area (Å²) in [5.41, 5.74) is 0.514. The number of rotatable bonds is 7. The van der Waals surface area contributed by atoms with Gasteiger partial charge in [-0.1, -0.05) is 26.8 Å². The van der Waals surface area contributed by atoms with Gasteiger partial charge >= 0.3 is 0 Å². The zero-order valence-electron chi connectivity index (χ0n) is 12.5. The van der Waals surface area contributed by atoms with E-state index in [0.29, 0.717) is 5.41 Å². The molecule has 0 unspecified atom stereocenters. The summed E-state index contributed by atoms with van der Waals surface area (Å²) < 4.78 is 0. The van der Waals surface area contributed by atoms with Gasteiger partial charge in [0.1, 0.15) is 0 Å². The first-order chi connectivity index (χ1) is 8.54. The molecule has 0 bridgehead atoms. The summed E-state index contributed by atoms with van der Waals surface area (Å²) in [4.78, 5) is 0. The van der Waals surface area contributed by atoms with Crippen LogP contribution in [-0.4, -0.2) is 24.6 Å². The lowest BCUT2D eigenvalue weighted by Gasteiger charge is -2.37. The molecule has 0 aliphatic heterocycles.